The number of rotatable bonds is 5. The summed E-state index contributed by atoms with van der Waals surface area (Å²) in [7, 11) is 0. The van der Waals surface area contributed by atoms with Gasteiger partial charge in [0.2, 0.25) is 0 Å². The molecule has 3 heterocycles. The van der Waals surface area contributed by atoms with E-state index in [4.69, 9.17) is 17.8 Å². The second kappa shape index (κ2) is 12.5. The summed E-state index contributed by atoms with van der Waals surface area (Å²) >= 11 is 0. The Morgan fingerprint density at radius 1 is 0.316 bits per heavy atom. The molecule has 3 nitrogen and oxygen atoms in total. The Kier molecular flexibility index (Phi) is 2.96. The van der Waals surface area contributed by atoms with Crippen LogP contribution in [0.5, 0.6) is 0 Å². The highest BCUT2D eigenvalue weighted by atomic mass is 15.1. The molecule has 0 saturated heterocycles. The molecule has 0 aliphatic heterocycles. The Morgan fingerprint density at radius 2 is 0.737 bits per heavy atom. The monoisotopic (exact) mass is 757 g/mol. The lowest BCUT2D eigenvalue weighted by Gasteiger charge is -2.19. The predicted molar refractivity (Wildman–Crippen MR) is 240 cm³/mol. The van der Waals surface area contributed by atoms with Crippen molar-refractivity contribution in [1.82, 2.24) is 13.7 Å². The average molecular weight is 758 g/mol. The molecule has 0 aliphatic rings. The molecule has 0 amide bonds. The molecule has 0 unspecified atom stereocenters. The maximum atomic E-state index is 10.1. The van der Waals surface area contributed by atoms with Gasteiger partial charge in [0.25, 0.3) is 0 Å². The lowest BCUT2D eigenvalue weighted by Crippen LogP contribution is -2.02. The van der Waals surface area contributed by atoms with E-state index in [1.165, 1.54) is 6.07 Å². The summed E-state index contributed by atoms with van der Waals surface area (Å²) in [6.45, 7) is 0. The van der Waals surface area contributed by atoms with Gasteiger partial charge in [-0.2, -0.15) is 0 Å². The molecule has 0 N–H and O–H groups in total. The van der Waals surface area contributed by atoms with Crippen LogP contribution < -0.4 is 0 Å². The Morgan fingerprint density at radius 3 is 1.33 bits per heavy atom. The van der Waals surface area contributed by atoms with Crippen LogP contribution >= 0.6 is 0 Å². The highest BCUT2D eigenvalue weighted by molar-refractivity contribution is 6.19. The summed E-state index contributed by atoms with van der Waals surface area (Å²) in [6, 6.07) is -27.4. The molecule has 3 aromatic heterocycles. The van der Waals surface area contributed by atoms with Gasteiger partial charge < -0.3 is 13.7 Å². The maximum Gasteiger partial charge on any atom is 0.0782 e. The van der Waals surface area contributed by atoms with Gasteiger partial charge in [-0.05, 0) is 53.4 Å². The molecule has 57 heavy (non-hydrogen) atoms. The van der Waals surface area contributed by atoms with Gasteiger partial charge in [0.1, 0.15) is 0 Å². The van der Waals surface area contributed by atoms with Crippen molar-refractivity contribution in [1.29, 1.82) is 0 Å². The molecular formula is C54H35N3. The highest BCUT2D eigenvalue weighted by Gasteiger charge is 2.25. The zero-order chi connectivity index (χ0) is 65.3. The third kappa shape index (κ3) is 4.60. The molecule has 0 atom stereocenters. The lowest BCUT2D eigenvalue weighted by atomic mass is 9.95. The van der Waals surface area contributed by atoms with Gasteiger partial charge in [-0.15, -0.1) is 0 Å². The first-order valence-electron chi connectivity index (χ1n) is 33.0. The number of aromatic nitrogens is 3. The molecule has 12 aromatic rings. The van der Waals surface area contributed by atoms with Crippen LogP contribution in [0.2, 0.25) is 0 Å². The normalized spacial score (nSPS) is 19.7. The standard InChI is InChI=1S/C54H35N3/c1-3-18-36(19-4-1)38-26-15-27-39(37-20-5-2-6-21-37)53(38)56-48-32-14-10-25-44(48)52-49(56)33-17-34-50(52)57-47-31-13-9-24-42(47)43-28-16-35-51(54(43)57)55-45-29-11-7-22-40(45)41-23-8-12-30-46(41)55/h1-35H/i1D,2D,3D,4D,5D,6D,7D,8D,9D,10D,11D,12D,13D,14D,16D,17D,18D,19D,20D,21D,22D,23D,24D,25D,28D,29D,30D,31D,32D,33D,34D,35D. The zero-order valence-electron chi connectivity index (χ0n) is 60.6. The van der Waals surface area contributed by atoms with Crippen LogP contribution in [0.4, 0.5) is 0 Å². The van der Waals surface area contributed by atoms with Crippen LogP contribution in [0, 0.1) is 0 Å². The fourth-order valence-corrected chi connectivity index (χ4v) is 7.49. The van der Waals surface area contributed by atoms with E-state index in [-0.39, 0.29) is 0 Å². The third-order valence-electron chi connectivity index (χ3n) is 9.67. The van der Waals surface area contributed by atoms with E-state index in [1.54, 1.807) is 0 Å². The summed E-state index contributed by atoms with van der Waals surface area (Å²) in [5.41, 5.74) is -9.16. The van der Waals surface area contributed by atoms with E-state index in [0.29, 0.717) is 0 Å². The van der Waals surface area contributed by atoms with Gasteiger partial charge >= 0.3 is 0 Å². The molecule has 12 rings (SSSR count). The first-order valence-corrected chi connectivity index (χ1v) is 17.0. The van der Waals surface area contributed by atoms with E-state index >= 15 is 0 Å². The topological polar surface area (TPSA) is 14.8 Å². The second-order valence-electron chi connectivity index (χ2n) is 12.5. The minimum absolute atomic E-state index is 0.491. The number of benzene rings is 9. The number of hydrogen-bond donors (Lipinski definition) is 0. The van der Waals surface area contributed by atoms with Gasteiger partial charge in [-0.3, -0.25) is 0 Å². The summed E-state index contributed by atoms with van der Waals surface area (Å²) in [5.74, 6) is 0. The van der Waals surface area contributed by atoms with E-state index in [1.807, 2.05) is 0 Å². The smallest absolute Gasteiger partial charge is 0.0782 e. The van der Waals surface area contributed by atoms with Gasteiger partial charge in [-0.25, -0.2) is 0 Å². The van der Waals surface area contributed by atoms with E-state index in [9.17, 15) is 26.0 Å². The van der Waals surface area contributed by atoms with Crippen LogP contribution in [-0.2, 0) is 0 Å². The van der Waals surface area contributed by atoms with Crippen molar-refractivity contribution in [2.75, 3.05) is 0 Å². The number of fused-ring (bicyclic) bond motifs is 9. The van der Waals surface area contributed by atoms with Crippen molar-refractivity contribution in [3.8, 4) is 39.3 Å². The zero-order valence-corrected chi connectivity index (χ0v) is 28.6. The molecule has 0 bridgehead atoms. The van der Waals surface area contributed by atoms with Crippen LogP contribution in [-0.4, -0.2) is 13.7 Å². The van der Waals surface area contributed by atoms with Gasteiger partial charge in [0.15, 0.2) is 0 Å². The Bertz CT molecular complexity index is 5180. The quantitative estimate of drug-likeness (QED) is 0.166. The minimum atomic E-state index is -1.15. The van der Waals surface area contributed by atoms with E-state index in [2.05, 4.69) is 0 Å². The molecule has 266 valence electrons. The number of nitrogens with zero attached hydrogens (tertiary/aromatic N) is 3. The van der Waals surface area contributed by atoms with Crippen molar-refractivity contribution in [2.45, 2.75) is 0 Å². The van der Waals surface area contributed by atoms with E-state index < -0.39 is 298 Å². The number of hydrogen-bond acceptors (Lipinski definition) is 0. The fraction of sp³-hybridized carbons (Fsp3) is 0. The summed E-state index contributed by atoms with van der Waals surface area (Å²) in [4.78, 5) is 0. The van der Waals surface area contributed by atoms with Crippen molar-refractivity contribution in [2.24, 2.45) is 0 Å². The van der Waals surface area contributed by atoms with Crippen molar-refractivity contribution in [3.63, 3.8) is 0 Å². The molecule has 0 radical (unpaired) electrons. The SMILES string of the molecule is [2H]c1c([2H])c([2H])c(-c2cccc(-c3c([2H])c([2H])c([2H])c([2H])c3[2H])c2-n2c3c([2H])c([2H])c([2H])c([2H])c3c3c(-n4c5c([2H])c([2H])c([2H])c([2H])c5c5c([2H])c([2H])c([2H])c(-n6c7c([2H])c([2H])c([2H])c([2H])c7c7c([2H])c([2H])c([2H])c([2H])c76)c54)c([2H])c([2H])c([2H])c32)c([2H])c1[2H]. The van der Waals surface area contributed by atoms with E-state index in [0.717, 1.165) is 25.8 Å². The van der Waals surface area contributed by atoms with Gasteiger partial charge in [-0.1, -0.05) is 169 Å². The fourth-order valence-electron chi connectivity index (χ4n) is 7.49. The van der Waals surface area contributed by atoms with Crippen LogP contribution in [0.1, 0.15) is 43.9 Å². The average Bonchev–Trinajstić information content (AvgIpc) is 1.54. The summed E-state index contributed by atoms with van der Waals surface area (Å²) in [6.07, 6.45) is 0. The molecule has 9 aromatic carbocycles. The Labute approximate surface area is 374 Å². The summed E-state index contributed by atoms with van der Waals surface area (Å²) in [5, 5.41) is -3.98. The molecule has 0 fully saturated rings. The minimum Gasteiger partial charge on any atom is -0.308 e. The van der Waals surface area contributed by atoms with Crippen molar-refractivity contribution in [3.05, 3.63) is 212 Å². The van der Waals surface area contributed by atoms with Gasteiger partial charge in [0.05, 0.1) is 94.0 Å². The Hall–Kier alpha value is -7.62. The van der Waals surface area contributed by atoms with Crippen molar-refractivity contribution >= 4 is 65.4 Å². The Balaban J connectivity index is 1.46. The molecule has 0 aliphatic carbocycles. The third-order valence-corrected chi connectivity index (χ3v) is 9.67. The van der Waals surface area contributed by atoms with Crippen LogP contribution in [0.25, 0.3) is 105 Å². The maximum absolute atomic E-state index is 10.1. The first-order chi connectivity index (χ1) is 41.6. The molecule has 3 heteroatoms. The largest absolute Gasteiger partial charge is 0.308 e. The summed E-state index contributed by atoms with van der Waals surface area (Å²) < 4.78 is 298. The molecular weight excluding hydrogens is 691 g/mol. The van der Waals surface area contributed by atoms with Crippen LogP contribution in [0.15, 0.2) is 212 Å². The van der Waals surface area contributed by atoms with Crippen molar-refractivity contribution < 1.29 is 43.9 Å². The predicted octanol–water partition coefficient (Wildman–Crippen LogP) is 14.3. The molecule has 0 saturated carbocycles. The van der Waals surface area contributed by atoms with Gasteiger partial charge in [0, 0.05) is 43.4 Å². The van der Waals surface area contributed by atoms with Crippen LogP contribution in [0.3, 0.4) is 0 Å². The highest BCUT2D eigenvalue weighted by Crippen LogP contribution is 2.45. The lowest BCUT2D eigenvalue weighted by molar-refractivity contribution is 1.14. The first kappa shape index (κ1) is 13.5. The number of para-hydroxylation sites is 6. The molecule has 0 spiro atoms. The second-order valence-corrected chi connectivity index (χ2v) is 12.5.